The molecule has 1 N–H and O–H groups in total. The third kappa shape index (κ3) is 3.80. The summed E-state index contributed by atoms with van der Waals surface area (Å²) in [5.41, 5.74) is 0.870. The SMILES string of the molecule is CC(C)(NN(Cl)C(=O)c1ccc(Cl)cc1)C(F)F. The van der Waals surface area contributed by atoms with E-state index in [1.54, 1.807) is 0 Å². The van der Waals surface area contributed by atoms with Crippen LogP contribution in [0.5, 0.6) is 0 Å². The molecule has 0 radical (unpaired) electrons. The van der Waals surface area contributed by atoms with Gasteiger partial charge in [-0.05, 0) is 38.1 Å². The van der Waals surface area contributed by atoms with Crippen molar-refractivity contribution in [2.45, 2.75) is 25.8 Å². The molecule has 0 bridgehead atoms. The standard InChI is InChI=1S/C11H12Cl2F2N2O/c1-11(2,10(14)15)16-17(13)9(18)7-3-5-8(12)6-4-7/h3-6,10,16H,1-2H3. The molecule has 0 spiro atoms. The maximum absolute atomic E-state index is 12.6. The fraction of sp³-hybridized carbons (Fsp3) is 0.364. The van der Waals surface area contributed by atoms with Gasteiger partial charge < -0.3 is 0 Å². The molecule has 0 aliphatic rings. The maximum atomic E-state index is 12.6. The first kappa shape index (κ1) is 15.1. The predicted molar refractivity (Wildman–Crippen MR) is 66.7 cm³/mol. The average molecular weight is 297 g/mol. The Morgan fingerprint density at radius 3 is 2.28 bits per heavy atom. The summed E-state index contributed by atoms with van der Waals surface area (Å²) < 4.78 is 25.8. The Kier molecular flexibility index (Phi) is 4.90. The number of amides is 1. The highest BCUT2D eigenvalue weighted by molar-refractivity contribution is 6.30. The number of hydrogen-bond acceptors (Lipinski definition) is 2. The number of halogens is 4. The highest BCUT2D eigenvalue weighted by Gasteiger charge is 2.32. The van der Waals surface area contributed by atoms with Gasteiger partial charge in [0.25, 0.3) is 12.3 Å². The number of nitrogens with one attached hydrogen (secondary N) is 1. The molecule has 0 unspecified atom stereocenters. The molecular weight excluding hydrogens is 285 g/mol. The van der Waals surface area contributed by atoms with Gasteiger partial charge in [-0.1, -0.05) is 11.6 Å². The van der Waals surface area contributed by atoms with Gasteiger partial charge in [-0.2, -0.15) is 4.53 Å². The smallest absolute Gasteiger partial charge is 0.266 e. The summed E-state index contributed by atoms with van der Waals surface area (Å²) in [6.45, 7) is 2.48. The molecule has 0 saturated carbocycles. The van der Waals surface area contributed by atoms with Gasteiger partial charge in [-0.25, -0.2) is 14.2 Å². The van der Waals surface area contributed by atoms with Gasteiger partial charge >= 0.3 is 0 Å². The molecule has 0 fully saturated rings. The zero-order valence-corrected chi connectivity index (χ0v) is 11.3. The van der Waals surface area contributed by atoms with Crippen LogP contribution in [0.1, 0.15) is 24.2 Å². The summed E-state index contributed by atoms with van der Waals surface area (Å²) in [5, 5.41) is 0.466. The van der Waals surface area contributed by atoms with Gasteiger partial charge in [0.2, 0.25) is 0 Å². The van der Waals surface area contributed by atoms with Crippen LogP contribution in [0, 0.1) is 0 Å². The number of rotatable bonds is 4. The maximum Gasteiger partial charge on any atom is 0.283 e. The average Bonchev–Trinajstić information content (AvgIpc) is 2.28. The summed E-state index contributed by atoms with van der Waals surface area (Å²) >= 11 is 11.3. The van der Waals surface area contributed by atoms with E-state index in [9.17, 15) is 13.6 Å². The molecule has 0 aromatic heterocycles. The quantitative estimate of drug-likeness (QED) is 0.681. The first-order chi connectivity index (χ1) is 8.24. The van der Waals surface area contributed by atoms with Crippen LogP contribution in [-0.2, 0) is 0 Å². The van der Waals surface area contributed by atoms with Crippen molar-refractivity contribution in [3.05, 3.63) is 34.9 Å². The first-order valence-corrected chi connectivity index (χ1v) is 5.77. The zero-order chi connectivity index (χ0) is 13.9. The van der Waals surface area contributed by atoms with Crippen LogP contribution in [0.2, 0.25) is 5.02 Å². The van der Waals surface area contributed by atoms with Gasteiger partial charge in [0, 0.05) is 22.4 Å². The van der Waals surface area contributed by atoms with Crippen molar-refractivity contribution in [1.29, 1.82) is 0 Å². The van der Waals surface area contributed by atoms with Crippen molar-refractivity contribution in [3.63, 3.8) is 0 Å². The van der Waals surface area contributed by atoms with E-state index in [1.165, 1.54) is 38.1 Å². The van der Waals surface area contributed by atoms with E-state index < -0.39 is 17.9 Å². The number of alkyl halides is 2. The van der Waals surface area contributed by atoms with Crippen LogP contribution >= 0.6 is 23.4 Å². The number of carbonyl (C=O) groups excluding carboxylic acids is 1. The Bertz CT molecular complexity index is 424. The largest absolute Gasteiger partial charge is 0.283 e. The van der Waals surface area contributed by atoms with Gasteiger partial charge in [0.05, 0.1) is 5.54 Å². The second-order valence-corrected chi connectivity index (χ2v) is 5.00. The fourth-order valence-corrected chi connectivity index (χ4v) is 1.50. The van der Waals surface area contributed by atoms with E-state index >= 15 is 0 Å². The van der Waals surface area contributed by atoms with Crippen molar-refractivity contribution in [2.24, 2.45) is 0 Å². The highest BCUT2D eigenvalue weighted by Crippen LogP contribution is 2.17. The van der Waals surface area contributed by atoms with E-state index in [1.807, 2.05) is 0 Å². The predicted octanol–water partition coefficient (Wildman–Crippen LogP) is 3.48. The molecule has 1 rings (SSSR count). The molecule has 0 heterocycles. The molecule has 1 amide bonds. The van der Waals surface area contributed by atoms with Crippen molar-refractivity contribution >= 4 is 29.3 Å². The Labute approximate surface area is 114 Å². The zero-order valence-electron chi connectivity index (χ0n) is 9.75. The third-order valence-electron chi connectivity index (χ3n) is 2.20. The van der Waals surface area contributed by atoms with Crippen LogP contribution in [-0.4, -0.2) is 22.4 Å². The lowest BCUT2D eigenvalue weighted by Crippen LogP contribution is -2.53. The van der Waals surface area contributed by atoms with Crippen LogP contribution in [0.25, 0.3) is 0 Å². The lowest BCUT2D eigenvalue weighted by molar-refractivity contribution is 0.0208. The molecule has 18 heavy (non-hydrogen) atoms. The molecule has 3 nitrogen and oxygen atoms in total. The molecule has 0 atom stereocenters. The molecule has 0 saturated heterocycles. The van der Waals surface area contributed by atoms with Crippen LogP contribution in [0.3, 0.4) is 0 Å². The molecule has 0 aliphatic heterocycles. The Morgan fingerprint density at radius 1 is 1.33 bits per heavy atom. The second-order valence-electron chi connectivity index (χ2n) is 4.23. The minimum absolute atomic E-state index is 0.243. The molecular formula is C11H12Cl2F2N2O. The van der Waals surface area contributed by atoms with Crippen molar-refractivity contribution in [3.8, 4) is 0 Å². The van der Waals surface area contributed by atoms with Crippen molar-refractivity contribution in [2.75, 3.05) is 0 Å². The van der Waals surface area contributed by atoms with Crippen molar-refractivity contribution < 1.29 is 13.6 Å². The minimum atomic E-state index is -2.67. The Balaban J connectivity index is 2.76. The topological polar surface area (TPSA) is 32.3 Å². The minimum Gasteiger partial charge on any atom is -0.266 e. The van der Waals surface area contributed by atoms with Gasteiger partial charge in [0.1, 0.15) is 0 Å². The monoisotopic (exact) mass is 296 g/mol. The van der Waals surface area contributed by atoms with E-state index in [-0.39, 0.29) is 5.56 Å². The van der Waals surface area contributed by atoms with E-state index in [0.717, 1.165) is 0 Å². The van der Waals surface area contributed by atoms with Crippen LogP contribution in [0.4, 0.5) is 8.78 Å². The molecule has 1 aromatic carbocycles. The number of benzene rings is 1. The molecule has 0 aliphatic carbocycles. The number of carbonyl (C=O) groups is 1. The van der Waals surface area contributed by atoms with Gasteiger partial charge in [0.15, 0.2) is 0 Å². The number of nitrogens with zero attached hydrogens (tertiary/aromatic N) is 1. The summed E-state index contributed by atoms with van der Waals surface area (Å²) in [6, 6.07) is 5.93. The summed E-state index contributed by atoms with van der Waals surface area (Å²) in [5.74, 6) is -0.637. The number of hydrazine groups is 1. The summed E-state index contributed by atoms with van der Waals surface area (Å²) in [4.78, 5) is 11.8. The lowest BCUT2D eigenvalue weighted by atomic mass is 10.1. The Hall–Kier alpha value is -0.910. The summed E-state index contributed by atoms with van der Waals surface area (Å²) in [7, 11) is 0. The highest BCUT2D eigenvalue weighted by atomic mass is 35.5. The Morgan fingerprint density at radius 2 is 1.83 bits per heavy atom. The van der Waals surface area contributed by atoms with Gasteiger partial charge in [-0.15, -0.1) is 0 Å². The second kappa shape index (κ2) is 5.82. The molecule has 7 heteroatoms. The molecule has 1 aromatic rings. The normalized spacial score (nSPS) is 11.7. The first-order valence-electron chi connectivity index (χ1n) is 5.06. The van der Waals surface area contributed by atoms with Crippen LogP contribution in [0.15, 0.2) is 24.3 Å². The molecule has 100 valence electrons. The van der Waals surface area contributed by atoms with E-state index in [2.05, 4.69) is 5.43 Å². The van der Waals surface area contributed by atoms with Gasteiger partial charge in [-0.3, -0.25) is 4.79 Å². The third-order valence-corrected chi connectivity index (χ3v) is 2.69. The lowest BCUT2D eigenvalue weighted by Gasteiger charge is -2.29. The van der Waals surface area contributed by atoms with Crippen LogP contribution < -0.4 is 5.43 Å². The number of hydrogen-bond donors (Lipinski definition) is 1. The van der Waals surface area contributed by atoms with E-state index in [4.69, 9.17) is 23.4 Å². The summed E-state index contributed by atoms with van der Waals surface area (Å²) in [6.07, 6.45) is -2.67. The van der Waals surface area contributed by atoms with E-state index in [0.29, 0.717) is 9.55 Å². The van der Waals surface area contributed by atoms with Crippen molar-refractivity contribution in [1.82, 2.24) is 9.95 Å². The fourth-order valence-electron chi connectivity index (χ4n) is 1.06.